The van der Waals surface area contributed by atoms with Crippen molar-refractivity contribution in [3.8, 4) is 0 Å². The molecule has 2 unspecified atom stereocenters. The Morgan fingerprint density at radius 2 is 1.88 bits per heavy atom. The number of esters is 1. The van der Waals surface area contributed by atoms with Crippen LogP contribution in [-0.4, -0.2) is 32.5 Å². The molecule has 0 aliphatic carbocycles. The van der Waals surface area contributed by atoms with Gasteiger partial charge in [0, 0.05) is 0 Å². The Labute approximate surface area is 98.3 Å². The summed E-state index contributed by atoms with van der Waals surface area (Å²) in [6, 6.07) is 0. The van der Waals surface area contributed by atoms with Gasteiger partial charge in [-0.3, -0.25) is 4.79 Å². The zero-order valence-electron chi connectivity index (χ0n) is 10.5. The molecule has 0 heterocycles. The summed E-state index contributed by atoms with van der Waals surface area (Å²) in [5.41, 5.74) is 0. The number of sulfone groups is 1. The molecule has 4 nitrogen and oxygen atoms in total. The summed E-state index contributed by atoms with van der Waals surface area (Å²) < 4.78 is 28.2. The molecule has 0 amide bonds. The summed E-state index contributed by atoms with van der Waals surface area (Å²) in [7, 11) is -1.92. The van der Waals surface area contributed by atoms with Crippen molar-refractivity contribution < 1.29 is 17.9 Å². The van der Waals surface area contributed by atoms with Crippen LogP contribution in [0.5, 0.6) is 0 Å². The maximum absolute atomic E-state index is 11.9. The molecule has 0 aromatic heterocycles. The fourth-order valence-corrected chi connectivity index (χ4v) is 3.26. The topological polar surface area (TPSA) is 60.4 Å². The van der Waals surface area contributed by atoms with Crippen molar-refractivity contribution in [2.75, 3.05) is 12.9 Å². The van der Waals surface area contributed by atoms with Crippen LogP contribution in [-0.2, 0) is 19.4 Å². The van der Waals surface area contributed by atoms with Crippen molar-refractivity contribution >= 4 is 15.8 Å². The third-order valence-electron chi connectivity index (χ3n) is 2.59. The molecule has 0 radical (unpaired) electrons. The number of carbonyl (C=O) groups excluding carboxylic acids is 1. The first kappa shape index (κ1) is 15.4. The first-order valence-electron chi connectivity index (χ1n) is 5.61. The van der Waals surface area contributed by atoms with Crippen molar-refractivity contribution in [1.29, 1.82) is 0 Å². The Morgan fingerprint density at radius 3 is 2.31 bits per heavy atom. The normalized spacial score (nSPS) is 15.5. The zero-order valence-corrected chi connectivity index (χ0v) is 11.3. The molecule has 0 fully saturated rings. The molecule has 0 rings (SSSR count). The minimum atomic E-state index is -3.19. The molecular formula is C11H22O4S. The monoisotopic (exact) mass is 250 g/mol. The first-order valence-corrected chi connectivity index (χ1v) is 7.33. The summed E-state index contributed by atoms with van der Waals surface area (Å²) in [6.07, 6.45) is 1.81. The molecule has 96 valence electrons. The van der Waals surface area contributed by atoms with Crippen molar-refractivity contribution in [2.45, 2.75) is 45.3 Å². The fraction of sp³-hybridized carbons (Fsp3) is 0.909. The molecule has 5 heteroatoms. The van der Waals surface area contributed by atoms with Crippen LogP contribution < -0.4 is 0 Å². The van der Waals surface area contributed by atoms with Gasteiger partial charge >= 0.3 is 5.97 Å². The summed E-state index contributed by atoms with van der Waals surface area (Å²) in [5, 5.41) is -0.653. The average molecular weight is 250 g/mol. The number of ether oxygens (including phenoxy) is 1. The lowest BCUT2D eigenvalue weighted by Crippen LogP contribution is -2.27. The first-order chi connectivity index (χ1) is 7.33. The smallest absolute Gasteiger partial charge is 0.306 e. The van der Waals surface area contributed by atoms with Gasteiger partial charge in [-0.1, -0.05) is 26.7 Å². The largest absolute Gasteiger partial charge is 0.469 e. The summed E-state index contributed by atoms with van der Waals surface area (Å²) >= 11 is 0. The predicted octanol–water partition coefficient (Wildman–Crippen LogP) is 1.79. The van der Waals surface area contributed by atoms with Crippen LogP contribution in [0, 0.1) is 5.92 Å². The molecule has 0 N–H and O–H groups in total. The minimum absolute atomic E-state index is 0.0579. The lowest BCUT2D eigenvalue weighted by Gasteiger charge is -2.15. The van der Waals surface area contributed by atoms with Crippen molar-refractivity contribution in [1.82, 2.24) is 0 Å². The highest BCUT2D eigenvalue weighted by Gasteiger charge is 2.25. The zero-order chi connectivity index (χ0) is 12.8. The van der Waals surface area contributed by atoms with Gasteiger partial charge < -0.3 is 4.74 Å². The lowest BCUT2D eigenvalue weighted by molar-refractivity contribution is -0.140. The lowest BCUT2D eigenvalue weighted by atomic mass is 10.1. The van der Waals surface area contributed by atoms with Gasteiger partial charge in [-0.15, -0.1) is 0 Å². The third kappa shape index (κ3) is 5.49. The molecule has 16 heavy (non-hydrogen) atoms. The van der Waals surface area contributed by atoms with E-state index in [0.29, 0.717) is 0 Å². The predicted molar refractivity (Wildman–Crippen MR) is 64.0 cm³/mol. The number of hydrogen-bond acceptors (Lipinski definition) is 4. The maximum atomic E-state index is 11.9. The van der Waals surface area contributed by atoms with E-state index in [4.69, 9.17) is 0 Å². The van der Waals surface area contributed by atoms with Crippen LogP contribution in [0.3, 0.4) is 0 Å². The standard InChI is InChI=1S/C11H22O4S/c1-5-6-9(2)8-16(13,14)10(3)7-11(12)15-4/h9-10H,5-8H2,1-4H3. The van der Waals surface area contributed by atoms with Gasteiger partial charge in [-0.05, 0) is 12.8 Å². The Kier molecular flexibility index (Phi) is 6.64. The molecule has 0 aliphatic heterocycles. The number of methoxy groups -OCH3 is 1. The Bertz CT molecular complexity index is 308. The quantitative estimate of drug-likeness (QED) is 0.646. The van der Waals surface area contributed by atoms with Crippen LogP contribution in [0.25, 0.3) is 0 Å². The summed E-state index contributed by atoms with van der Waals surface area (Å²) in [5.74, 6) is -0.173. The van der Waals surface area contributed by atoms with E-state index in [9.17, 15) is 13.2 Å². The maximum Gasteiger partial charge on any atom is 0.306 e. The van der Waals surface area contributed by atoms with Gasteiger partial charge in [0.25, 0.3) is 0 Å². The number of carbonyl (C=O) groups is 1. The van der Waals surface area contributed by atoms with Crippen LogP contribution in [0.4, 0.5) is 0 Å². The van der Waals surface area contributed by atoms with Crippen LogP contribution in [0.15, 0.2) is 0 Å². The van der Waals surface area contributed by atoms with Crippen LogP contribution in [0.2, 0.25) is 0 Å². The second kappa shape index (κ2) is 6.89. The molecule has 0 aliphatic rings. The van der Waals surface area contributed by atoms with Crippen molar-refractivity contribution in [2.24, 2.45) is 5.92 Å². The van der Waals surface area contributed by atoms with Gasteiger partial charge in [-0.25, -0.2) is 8.42 Å². The van der Waals surface area contributed by atoms with E-state index in [-0.39, 0.29) is 18.1 Å². The van der Waals surface area contributed by atoms with E-state index < -0.39 is 21.1 Å². The number of hydrogen-bond donors (Lipinski definition) is 0. The second-order valence-electron chi connectivity index (χ2n) is 4.31. The van der Waals surface area contributed by atoms with Gasteiger partial charge in [0.05, 0.1) is 24.5 Å². The van der Waals surface area contributed by atoms with Gasteiger partial charge in [0.15, 0.2) is 9.84 Å². The molecule has 2 atom stereocenters. The Balaban J connectivity index is 4.37. The van der Waals surface area contributed by atoms with E-state index in [1.165, 1.54) is 7.11 Å². The average Bonchev–Trinajstić information content (AvgIpc) is 2.16. The van der Waals surface area contributed by atoms with E-state index in [1.54, 1.807) is 6.92 Å². The van der Waals surface area contributed by atoms with Gasteiger partial charge in [-0.2, -0.15) is 0 Å². The molecule has 0 spiro atoms. The van der Waals surface area contributed by atoms with E-state index in [2.05, 4.69) is 4.74 Å². The van der Waals surface area contributed by atoms with Crippen molar-refractivity contribution in [3.63, 3.8) is 0 Å². The Hall–Kier alpha value is -0.580. The van der Waals surface area contributed by atoms with Crippen LogP contribution >= 0.6 is 0 Å². The number of rotatable bonds is 7. The molecular weight excluding hydrogens is 228 g/mol. The van der Waals surface area contributed by atoms with Crippen LogP contribution in [0.1, 0.15) is 40.0 Å². The van der Waals surface area contributed by atoms with E-state index in [0.717, 1.165) is 12.8 Å². The highest BCUT2D eigenvalue weighted by molar-refractivity contribution is 7.92. The van der Waals surface area contributed by atoms with Gasteiger partial charge in [0.1, 0.15) is 0 Å². The summed E-state index contributed by atoms with van der Waals surface area (Å²) in [6.45, 7) is 5.51. The molecule has 0 aromatic rings. The highest BCUT2D eigenvalue weighted by Crippen LogP contribution is 2.14. The molecule has 0 saturated carbocycles. The Morgan fingerprint density at radius 1 is 1.31 bits per heavy atom. The minimum Gasteiger partial charge on any atom is -0.469 e. The fourth-order valence-electron chi connectivity index (χ4n) is 1.58. The van der Waals surface area contributed by atoms with Gasteiger partial charge in [0.2, 0.25) is 0 Å². The van der Waals surface area contributed by atoms with E-state index in [1.807, 2.05) is 13.8 Å². The summed E-state index contributed by atoms with van der Waals surface area (Å²) in [4.78, 5) is 11.0. The molecule has 0 aromatic carbocycles. The SMILES string of the molecule is CCCC(C)CS(=O)(=O)C(C)CC(=O)OC. The second-order valence-corrected chi connectivity index (χ2v) is 6.78. The third-order valence-corrected chi connectivity index (χ3v) is 5.02. The molecule has 0 bridgehead atoms. The molecule has 0 saturated heterocycles. The van der Waals surface area contributed by atoms with E-state index >= 15 is 0 Å². The van der Waals surface area contributed by atoms with Crippen molar-refractivity contribution in [3.05, 3.63) is 0 Å². The highest BCUT2D eigenvalue weighted by atomic mass is 32.2.